The molecule has 2 aliphatic rings. The third-order valence-corrected chi connectivity index (χ3v) is 8.06. The molecule has 0 bridgehead atoms. The molecule has 0 saturated carbocycles. The minimum absolute atomic E-state index is 0.0596. The highest BCUT2D eigenvalue weighted by Crippen LogP contribution is 2.30. The van der Waals surface area contributed by atoms with Gasteiger partial charge in [-0.2, -0.15) is 17.5 Å². The molecule has 3 N–H and O–H groups in total. The van der Waals surface area contributed by atoms with Crippen LogP contribution in [0.1, 0.15) is 29.5 Å². The average Bonchev–Trinajstić information content (AvgIpc) is 3.39. The van der Waals surface area contributed by atoms with Crippen LogP contribution in [-0.4, -0.2) is 42.6 Å². The molecule has 200 valence electrons. The Morgan fingerprint density at radius 2 is 1.79 bits per heavy atom. The van der Waals surface area contributed by atoms with Gasteiger partial charge in [0.1, 0.15) is 18.4 Å². The van der Waals surface area contributed by atoms with Crippen LogP contribution in [0.5, 0.6) is 5.75 Å². The number of nitrogens with one attached hydrogen (secondary N) is 3. The Morgan fingerprint density at radius 3 is 2.47 bits per heavy atom. The summed E-state index contributed by atoms with van der Waals surface area (Å²) in [5.41, 5.74) is 0.214. The van der Waals surface area contributed by atoms with Crippen LogP contribution in [0, 0.1) is 10.8 Å². The van der Waals surface area contributed by atoms with E-state index in [9.17, 15) is 26.4 Å². The summed E-state index contributed by atoms with van der Waals surface area (Å²) in [7, 11) is -4.02. The van der Waals surface area contributed by atoms with Gasteiger partial charge in [0.2, 0.25) is 15.9 Å². The number of hydrogen-bond acceptors (Lipinski definition) is 6. The van der Waals surface area contributed by atoms with Crippen molar-refractivity contribution in [3.05, 3.63) is 88.4 Å². The van der Waals surface area contributed by atoms with Crippen LogP contribution in [0.2, 0.25) is 0 Å². The molecule has 1 amide bonds. The Balaban J connectivity index is 1.35. The van der Waals surface area contributed by atoms with E-state index in [-0.39, 0.29) is 36.0 Å². The Morgan fingerprint density at radius 1 is 1.05 bits per heavy atom. The fourth-order valence-corrected chi connectivity index (χ4v) is 5.80. The first-order valence-corrected chi connectivity index (χ1v) is 13.1. The van der Waals surface area contributed by atoms with Gasteiger partial charge in [0.25, 0.3) is 0 Å². The van der Waals surface area contributed by atoms with Gasteiger partial charge in [-0.1, -0.05) is 24.3 Å². The standard InChI is InChI=1S/C26H25F3N4O4S/c27-26(28,29)19-8-6-17(7-9-19)16-37-20-4-1-3-18(13-20)15-32-25(34)24-5-2-12-33(24)38(35,36)21-10-11-22(30)23(31)14-21/h1,3-4,6-11,13-14,24,30-31H,2,5,12,15-16H2,(H,32,34). The monoisotopic (exact) mass is 546 g/mol. The molecule has 1 heterocycles. The van der Waals surface area contributed by atoms with Gasteiger partial charge in [-0.15, -0.1) is 0 Å². The van der Waals surface area contributed by atoms with E-state index in [1.54, 1.807) is 24.3 Å². The summed E-state index contributed by atoms with van der Waals surface area (Å²) in [5.74, 6) is 0.0103. The predicted octanol–water partition coefficient (Wildman–Crippen LogP) is 4.19. The summed E-state index contributed by atoms with van der Waals surface area (Å²) in [4.78, 5) is 12.8. The van der Waals surface area contributed by atoms with Crippen molar-refractivity contribution in [3.8, 4) is 5.75 Å². The molecular formula is C26H25F3N4O4S. The first-order chi connectivity index (χ1) is 17.9. The summed E-state index contributed by atoms with van der Waals surface area (Å²) in [6, 6.07) is 10.6. The zero-order valence-electron chi connectivity index (χ0n) is 20.1. The Kier molecular flexibility index (Phi) is 7.83. The highest BCUT2D eigenvalue weighted by atomic mass is 32.2. The van der Waals surface area contributed by atoms with E-state index < -0.39 is 33.7 Å². The number of hydrogen-bond donors (Lipinski definition) is 3. The molecule has 1 aliphatic heterocycles. The highest BCUT2D eigenvalue weighted by Gasteiger charge is 2.40. The summed E-state index contributed by atoms with van der Waals surface area (Å²) in [6.07, 6.45) is 0.0743. The normalized spacial score (nSPS) is 18.4. The molecule has 2 aromatic rings. The van der Waals surface area contributed by atoms with Crippen LogP contribution >= 0.6 is 0 Å². The SMILES string of the molecule is N=C1C=CC(S(=O)(=O)N2CCCC2C(=O)NCc2cccc(OCc3ccc(C(F)(F)F)cc3)c2)=CC1=N. The molecule has 1 unspecified atom stereocenters. The summed E-state index contributed by atoms with van der Waals surface area (Å²) in [6.45, 7) is 0.346. The van der Waals surface area contributed by atoms with Crippen LogP contribution in [-0.2, 0) is 34.1 Å². The topological polar surface area (TPSA) is 123 Å². The van der Waals surface area contributed by atoms with Crippen molar-refractivity contribution in [1.82, 2.24) is 9.62 Å². The number of carbonyl (C=O) groups is 1. The molecule has 2 aromatic carbocycles. The van der Waals surface area contributed by atoms with E-state index in [0.717, 1.165) is 22.5 Å². The lowest BCUT2D eigenvalue weighted by molar-refractivity contribution is -0.137. The Hall–Kier alpha value is -3.77. The quantitative estimate of drug-likeness (QED) is 0.430. The van der Waals surface area contributed by atoms with Crippen molar-refractivity contribution in [3.63, 3.8) is 0 Å². The lowest BCUT2D eigenvalue weighted by Crippen LogP contribution is -2.46. The maximum Gasteiger partial charge on any atom is 0.416 e. The molecule has 1 saturated heterocycles. The van der Waals surface area contributed by atoms with Gasteiger partial charge in [-0.3, -0.25) is 15.6 Å². The van der Waals surface area contributed by atoms with Gasteiger partial charge in [-0.05, 0) is 66.5 Å². The van der Waals surface area contributed by atoms with Gasteiger partial charge in [-0.25, -0.2) is 8.42 Å². The molecular weight excluding hydrogens is 521 g/mol. The molecule has 0 spiro atoms. The van der Waals surface area contributed by atoms with Crippen LogP contribution in [0.15, 0.2) is 71.7 Å². The van der Waals surface area contributed by atoms with E-state index in [1.165, 1.54) is 24.3 Å². The number of allylic oxidation sites excluding steroid dienone is 3. The first kappa shape index (κ1) is 27.3. The van der Waals surface area contributed by atoms with Gasteiger partial charge in [0.15, 0.2) is 0 Å². The number of halogens is 3. The number of alkyl halides is 3. The zero-order valence-corrected chi connectivity index (χ0v) is 20.9. The molecule has 38 heavy (non-hydrogen) atoms. The maximum absolute atomic E-state index is 13.1. The molecule has 1 fully saturated rings. The van der Waals surface area contributed by atoms with Crippen LogP contribution in [0.25, 0.3) is 0 Å². The van der Waals surface area contributed by atoms with Crippen LogP contribution < -0.4 is 10.1 Å². The second-order valence-electron chi connectivity index (χ2n) is 8.83. The molecule has 1 atom stereocenters. The molecule has 12 heteroatoms. The largest absolute Gasteiger partial charge is 0.489 e. The van der Waals surface area contributed by atoms with E-state index >= 15 is 0 Å². The van der Waals surface area contributed by atoms with Crippen LogP contribution in [0.4, 0.5) is 13.2 Å². The number of sulfonamides is 1. The molecule has 8 nitrogen and oxygen atoms in total. The number of benzene rings is 2. The first-order valence-electron chi connectivity index (χ1n) is 11.7. The van der Waals surface area contributed by atoms with Gasteiger partial charge in [0, 0.05) is 13.1 Å². The third kappa shape index (κ3) is 6.20. The van der Waals surface area contributed by atoms with E-state index in [4.69, 9.17) is 15.6 Å². The van der Waals surface area contributed by atoms with Crippen LogP contribution in [0.3, 0.4) is 0 Å². The van der Waals surface area contributed by atoms with Gasteiger partial charge < -0.3 is 10.1 Å². The number of carbonyl (C=O) groups excluding carboxylic acids is 1. The predicted molar refractivity (Wildman–Crippen MR) is 135 cm³/mol. The van der Waals surface area contributed by atoms with E-state index in [2.05, 4.69) is 5.32 Å². The van der Waals surface area contributed by atoms with Gasteiger partial charge in [0.05, 0.1) is 21.9 Å². The maximum atomic E-state index is 13.1. The second-order valence-corrected chi connectivity index (χ2v) is 10.7. The number of nitrogens with zero attached hydrogens (tertiary/aromatic N) is 1. The second kappa shape index (κ2) is 10.9. The Labute approximate surface area is 217 Å². The Bertz CT molecular complexity index is 1420. The summed E-state index contributed by atoms with van der Waals surface area (Å²) >= 11 is 0. The average molecular weight is 547 g/mol. The minimum atomic E-state index is -4.41. The number of rotatable bonds is 8. The molecule has 4 rings (SSSR count). The van der Waals surface area contributed by atoms with E-state index in [0.29, 0.717) is 29.7 Å². The van der Waals surface area contributed by atoms with Crippen molar-refractivity contribution >= 4 is 27.4 Å². The molecule has 0 radical (unpaired) electrons. The lowest BCUT2D eigenvalue weighted by atomic mass is 10.1. The third-order valence-electron chi connectivity index (χ3n) is 6.16. The van der Waals surface area contributed by atoms with Gasteiger partial charge >= 0.3 is 6.18 Å². The lowest BCUT2D eigenvalue weighted by Gasteiger charge is -2.24. The molecule has 1 aliphatic carbocycles. The van der Waals surface area contributed by atoms with Crippen molar-refractivity contribution < 1.29 is 31.1 Å². The zero-order chi connectivity index (χ0) is 27.5. The minimum Gasteiger partial charge on any atom is -0.489 e. The number of ether oxygens (including phenoxy) is 1. The summed E-state index contributed by atoms with van der Waals surface area (Å²) < 4.78 is 71.2. The van der Waals surface area contributed by atoms with Crippen molar-refractivity contribution in [2.24, 2.45) is 0 Å². The smallest absolute Gasteiger partial charge is 0.416 e. The fourth-order valence-electron chi connectivity index (χ4n) is 4.12. The molecule has 0 aromatic heterocycles. The highest BCUT2D eigenvalue weighted by molar-refractivity contribution is 7.93. The van der Waals surface area contributed by atoms with E-state index in [1.807, 2.05) is 0 Å². The van der Waals surface area contributed by atoms with Crippen molar-refractivity contribution in [2.75, 3.05) is 6.54 Å². The fraction of sp³-hybridized carbons (Fsp3) is 0.269. The number of amides is 1. The van der Waals surface area contributed by atoms with Crippen molar-refractivity contribution in [1.29, 1.82) is 10.8 Å². The summed E-state index contributed by atoms with van der Waals surface area (Å²) in [5, 5.41) is 18.1. The van der Waals surface area contributed by atoms with Crippen molar-refractivity contribution in [2.45, 2.75) is 38.2 Å².